The van der Waals surface area contributed by atoms with Gasteiger partial charge in [-0.05, 0) is 49.9 Å². The van der Waals surface area contributed by atoms with Gasteiger partial charge in [-0.1, -0.05) is 11.6 Å². The Balaban J connectivity index is 2.02. The van der Waals surface area contributed by atoms with Crippen molar-refractivity contribution < 1.29 is 23.1 Å². The van der Waals surface area contributed by atoms with Crippen LogP contribution in [0, 0.1) is 0 Å². The smallest absolute Gasteiger partial charge is 0.355 e. The maximum absolute atomic E-state index is 13.1. The zero-order chi connectivity index (χ0) is 20.5. The maximum atomic E-state index is 13.1. The van der Waals surface area contributed by atoms with Gasteiger partial charge in [0.1, 0.15) is 4.90 Å². The molecule has 1 saturated carbocycles. The number of hydrogen-bond acceptors (Lipinski definition) is 5. The zero-order valence-electron chi connectivity index (χ0n) is 15.6. The van der Waals surface area contributed by atoms with E-state index in [1.165, 1.54) is 19.2 Å². The summed E-state index contributed by atoms with van der Waals surface area (Å²) >= 11 is 5.84. The number of hydrogen-bond donors (Lipinski definition) is 2. The van der Waals surface area contributed by atoms with Crippen LogP contribution in [0.15, 0.2) is 29.2 Å². The number of carboxylic acids is 1. The molecule has 0 bridgehead atoms. The lowest BCUT2D eigenvalue weighted by Crippen LogP contribution is -2.22. The van der Waals surface area contributed by atoms with Crippen LogP contribution in [-0.2, 0) is 21.8 Å². The van der Waals surface area contributed by atoms with Gasteiger partial charge in [-0.3, -0.25) is 9.40 Å². The molecule has 1 aromatic heterocycles. The summed E-state index contributed by atoms with van der Waals surface area (Å²) in [4.78, 5) is 11.5. The zero-order valence-corrected chi connectivity index (χ0v) is 17.1. The van der Waals surface area contributed by atoms with Crippen LogP contribution in [-0.4, -0.2) is 42.5 Å². The van der Waals surface area contributed by atoms with Crippen molar-refractivity contribution in [3.8, 4) is 0 Å². The number of methoxy groups -OCH3 is 1. The highest BCUT2D eigenvalue weighted by Crippen LogP contribution is 2.38. The van der Waals surface area contributed by atoms with Crippen molar-refractivity contribution in [2.24, 2.45) is 7.05 Å². The third kappa shape index (κ3) is 4.16. The van der Waals surface area contributed by atoms with E-state index >= 15 is 0 Å². The van der Waals surface area contributed by atoms with Crippen molar-refractivity contribution in [2.45, 2.75) is 42.6 Å². The lowest BCUT2D eigenvalue weighted by molar-refractivity contribution is 0.0650. The molecule has 1 fully saturated rings. The van der Waals surface area contributed by atoms with Gasteiger partial charge in [0, 0.05) is 30.8 Å². The first-order valence-electron chi connectivity index (χ1n) is 8.84. The second kappa shape index (κ2) is 8.10. The first kappa shape index (κ1) is 20.6. The second-order valence-electron chi connectivity index (χ2n) is 6.81. The Morgan fingerprint density at radius 1 is 1.25 bits per heavy atom. The molecule has 2 N–H and O–H groups in total. The van der Waals surface area contributed by atoms with E-state index in [4.69, 9.17) is 16.3 Å². The van der Waals surface area contributed by atoms with Crippen molar-refractivity contribution in [3.05, 3.63) is 40.7 Å². The monoisotopic (exact) mass is 427 g/mol. The maximum Gasteiger partial charge on any atom is 0.355 e. The van der Waals surface area contributed by atoms with E-state index in [1.54, 1.807) is 19.2 Å². The highest BCUT2D eigenvalue weighted by atomic mass is 35.5. The normalized spacial score (nSPS) is 20.1. The van der Waals surface area contributed by atoms with E-state index in [-0.39, 0.29) is 28.3 Å². The standard InChI is InChI=1S/C18H22ClN3O5S/c1-22-16(18(23)24)17(15(20-22)11-3-9-14(27-2)10-4-11)28(25,26)21-13-7-5-12(19)6-8-13/h5-8,11,14,21H,3-4,9-10H2,1-2H3,(H,23,24). The number of aryl methyl sites for hydroxylation is 1. The Morgan fingerprint density at radius 3 is 2.39 bits per heavy atom. The van der Waals surface area contributed by atoms with Crippen LogP contribution in [0.5, 0.6) is 0 Å². The third-order valence-electron chi connectivity index (χ3n) is 4.99. The van der Waals surface area contributed by atoms with Crippen molar-refractivity contribution in [1.82, 2.24) is 9.78 Å². The number of nitrogens with zero attached hydrogens (tertiary/aromatic N) is 2. The second-order valence-corrected chi connectivity index (χ2v) is 8.87. The van der Waals surface area contributed by atoms with E-state index in [0.717, 1.165) is 17.5 Å². The van der Waals surface area contributed by atoms with Gasteiger partial charge in [-0.25, -0.2) is 13.2 Å². The van der Waals surface area contributed by atoms with E-state index < -0.39 is 16.0 Å². The van der Waals surface area contributed by atoms with Crippen LogP contribution in [0.25, 0.3) is 0 Å². The van der Waals surface area contributed by atoms with Gasteiger partial charge in [0.25, 0.3) is 10.0 Å². The first-order chi connectivity index (χ1) is 13.2. The molecule has 8 nitrogen and oxygen atoms in total. The molecule has 1 aliphatic rings. The fourth-order valence-electron chi connectivity index (χ4n) is 3.59. The first-order valence-corrected chi connectivity index (χ1v) is 10.7. The predicted octanol–water partition coefficient (Wildman–Crippen LogP) is 3.25. The number of anilines is 1. The summed E-state index contributed by atoms with van der Waals surface area (Å²) in [7, 11) is -1.08. The lowest BCUT2D eigenvalue weighted by Gasteiger charge is -2.27. The molecule has 1 aliphatic carbocycles. The number of benzene rings is 1. The van der Waals surface area contributed by atoms with Crippen molar-refractivity contribution in [3.63, 3.8) is 0 Å². The van der Waals surface area contributed by atoms with Crippen LogP contribution in [0.4, 0.5) is 5.69 Å². The number of carbonyl (C=O) groups is 1. The molecule has 3 rings (SSSR count). The minimum atomic E-state index is -4.17. The van der Waals surface area contributed by atoms with Crippen molar-refractivity contribution in [2.75, 3.05) is 11.8 Å². The predicted molar refractivity (Wildman–Crippen MR) is 104 cm³/mol. The molecule has 1 heterocycles. The van der Waals surface area contributed by atoms with Gasteiger partial charge in [0.15, 0.2) is 5.69 Å². The molecule has 0 saturated heterocycles. The molecule has 2 aromatic rings. The molecule has 1 aromatic carbocycles. The molecule has 0 unspecified atom stereocenters. The highest BCUT2D eigenvalue weighted by molar-refractivity contribution is 7.92. The van der Waals surface area contributed by atoms with Gasteiger partial charge in [-0.15, -0.1) is 0 Å². The molecule has 0 atom stereocenters. The van der Waals surface area contributed by atoms with Crippen molar-refractivity contribution in [1.29, 1.82) is 0 Å². The van der Waals surface area contributed by atoms with Gasteiger partial charge < -0.3 is 9.84 Å². The van der Waals surface area contributed by atoms with E-state index in [0.29, 0.717) is 23.6 Å². The number of rotatable bonds is 6. The largest absolute Gasteiger partial charge is 0.476 e. The summed E-state index contributed by atoms with van der Waals surface area (Å²) < 4.78 is 35.2. The fraction of sp³-hybridized carbons (Fsp3) is 0.444. The number of sulfonamides is 1. The van der Waals surface area contributed by atoms with Crippen molar-refractivity contribution >= 4 is 33.3 Å². The summed E-state index contributed by atoms with van der Waals surface area (Å²) in [5.41, 5.74) is 0.222. The SMILES string of the molecule is COC1CCC(c2nn(C)c(C(=O)O)c2S(=O)(=O)Nc2ccc(Cl)cc2)CC1. The molecule has 0 aliphatic heterocycles. The average Bonchev–Trinajstić information content (AvgIpc) is 3.02. The van der Waals surface area contributed by atoms with Crippen LogP contribution >= 0.6 is 11.6 Å². The number of aromatic nitrogens is 2. The van der Waals surface area contributed by atoms with Crippen LogP contribution in [0.2, 0.25) is 5.02 Å². The van der Waals surface area contributed by atoms with Crippen LogP contribution in [0.3, 0.4) is 0 Å². The number of halogens is 1. The summed E-state index contributed by atoms with van der Waals surface area (Å²) in [6.07, 6.45) is 3.02. The molecule has 0 amide bonds. The number of aromatic carboxylic acids is 1. The summed E-state index contributed by atoms with van der Waals surface area (Å²) in [5, 5.41) is 14.4. The summed E-state index contributed by atoms with van der Waals surface area (Å²) in [6.45, 7) is 0. The Hall–Kier alpha value is -2.10. The van der Waals surface area contributed by atoms with E-state index in [9.17, 15) is 18.3 Å². The Bertz CT molecular complexity index is 964. The molecule has 10 heteroatoms. The van der Waals surface area contributed by atoms with Gasteiger partial charge >= 0.3 is 5.97 Å². The minimum Gasteiger partial charge on any atom is -0.476 e. The minimum absolute atomic E-state index is 0.131. The van der Waals surface area contributed by atoms with Gasteiger partial charge in [0.05, 0.1) is 11.8 Å². The Kier molecular flexibility index (Phi) is 5.97. The molecular formula is C18H22ClN3O5S. The van der Waals surface area contributed by atoms with Gasteiger partial charge in [0.2, 0.25) is 0 Å². The Morgan fingerprint density at radius 2 is 1.86 bits per heavy atom. The topological polar surface area (TPSA) is 111 Å². The van der Waals surface area contributed by atoms with Crippen LogP contribution in [0.1, 0.15) is 47.8 Å². The molecule has 152 valence electrons. The molecule has 28 heavy (non-hydrogen) atoms. The quantitative estimate of drug-likeness (QED) is 0.732. The summed E-state index contributed by atoms with van der Waals surface area (Å²) in [6, 6.07) is 6.13. The summed E-state index contributed by atoms with van der Waals surface area (Å²) in [5.74, 6) is -1.49. The third-order valence-corrected chi connectivity index (χ3v) is 6.69. The average molecular weight is 428 g/mol. The van der Waals surface area contributed by atoms with E-state index in [1.807, 2.05) is 0 Å². The Labute approximate surface area is 168 Å². The fourth-order valence-corrected chi connectivity index (χ4v) is 5.22. The number of carboxylic acid groups (broad SMARTS) is 1. The lowest BCUT2D eigenvalue weighted by atomic mass is 9.85. The number of ether oxygens (including phenoxy) is 1. The molecular weight excluding hydrogens is 406 g/mol. The highest BCUT2D eigenvalue weighted by Gasteiger charge is 2.36. The van der Waals surface area contributed by atoms with E-state index in [2.05, 4.69) is 9.82 Å². The number of nitrogens with one attached hydrogen (secondary N) is 1. The molecule has 0 spiro atoms. The van der Waals surface area contributed by atoms with Gasteiger partial charge in [-0.2, -0.15) is 5.10 Å². The molecule has 0 radical (unpaired) electrons. The van der Waals surface area contributed by atoms with Crippen LogP contribution < -0.4 is 4.72 Å².